The SMILES string of the molecule is CCn1ccc(C(=O)C=Cc2ccc(OC(F)F)cc2)n1. The molecule has 0 aliphatic heterocycles. The van der Waals surface area contributed by atoms with Crippen LogP contribution >= 0.6 is 0 Å². The van der Waals surface area contributed by atoms with Crippen LogP contribution in [0.25, 0.3) is 6.08 Å². The number of nitrogens with zero attached hydrogens (tertiary/aromatic N) is 2. The Kier molecular flexibility index (Phi) is 4.81. The molecular weight excluding hydrogens is 278 g/mol. The van der Waals surface area contributed by atoms with Gasteiger partial charge in [0.05, 0.1) is 0 Å². The Morgan fingerprint density at radius 2 is 2.05 bits per heavy atom. The molecule has 0 saturated heterocycles. The minimum atomic E-state index is -2.85. The van der Waals surface area contributed by atoms with E-state index in [0.29, 0.717) is 17.8 Å². The molecule has 0 radical (unpaired) electrons. The van der Waals surface area contributed by atoms with E-state index in [2.05, 4.69) is 9.84 Å². The van der Waals surface area contributed by atoms with Gasteiger partial charge in [-0.3, -0.25) is 9.48 Å². The molecule has 1 heterocycles. The van der Waals surface area contributed by atoms with E-state index < -0.39 is 6.61 Å². The maximum Gasteiger partial charge on any atom is 0.387 e. The standard InChI is InChI=1S/C15H14F2N2O2/c1-2-19-10-9-13(18-19)14(20)8-5-11-3-6-12(7-4-11)21-15(16)17/h3-10,15H,2H2,1H3. The maximum absolute atomic E-state index is 12.0. The van der Waals surface area contributed by atoms with Crippen LogP contribution in [-0.2, 0) is 6.54 Å². The summed E-state index contributed by atoms with van der Waals surface area (Å²) in [6.45, 7) is -0.218. The molecular formula is C15H14F2N2O2. The summed E-state index contributed by atoms with van der Waals surface area (Å²) in [5, 5.41) is 4.10. The van der Waals surface area contributed by atoms with Gasteiger partial charge in [0.15, 0.2) is 0 Å². The van der Waals surface area contributed by atoms with Crippen LogP contribution in [0.4, 0.5) is 8.78 Å². The number of hydrogen-bond donors (Lipinski definition) is 0. The molecule has 2 rings (SSSR count). The van der Waals surface area contributed by atoms with Crippen molar-refractivity contribution in [2.75, 3.05) is 0 Å². The summed E-state index contributed by atoms with van der Waals surface area (Å²) in [5.41, 5.74) is 1.07. The molecule has 0 aliphatic rings. The Morgan fingerprint density at radius 1 is 1.33 bits per heavy atom. The number of rotatable bonds is 6. The van der Waals surface area contributed by atoms with Crippen LogP contribution in [0.3, 0.4) is 0 Å². The molecule has 6 heteroatoms. The van der Waals surface area contributed by atoms with Crippen molar-refractivity contribution >= 4 is 11.9 Å². The number of aromatic nitrogens is 2. The smallest absolute Gasteiger partial charge is 0.387 e. The first-order valence-electron chi connectivity index (χ1n) is 6.39. The lowest BCUT2D eigenvalue weighted by molar-refractivity contribution is -0.0498. The molecule has 1 aromatic heterocycles. The molecule has 0 aliphatic carbocycles. The fraction of sp³-hybridized carbons (Fsp3) is 0.200. The van der Waals surface area contributed by atoms with E-state index in [1.54, 1.807) is 35.2 Å². The third kappa shape index (κ3) is 4.24. The van der Waals surface area contributed by atoms with Gasteiger partial charge >= 0.3 is 6.61 Å². The van der Waals surface area contributed by atoms with Crippen molar-refractivity contribution < 1.29 is 18.3 Å². The molecule has 110 valence electrons. The zero-order chi connectivity index (χ0) is 15.2. The van der Waals surface area contributed by atoms with E-state index in [9.17, 15) is 13.6 Å². The van der Waals surface area contributed by atoms with Crippen LogP contribution in [0.1, 0.15) is 23.0 Å². The maximum atomic E-state index is 12.0. The molecule has 0 N–H and O–H groups in total. The molecule has 4 nitrogen and oxygen atoms in total. The van der Waals surface area contributed by atoms with Crippen LogP contribution in [0.15, 0.2) is 42.6 Å². The fourth-order valence-electron chi connectivity index (χ4n) is 1.69. The summed E-state index contributed by atoms with van der Waals surface area (Å²) in [7, 11) is 0. The number of carbonyl (C=O) groups is 1. The van der Waals surface area contributed by atoms with Gasteiger partial charge in [-0.2, -0.15) is 13.9 Å². The Labute approximate surface area is 120 Å². The second-order valence-electron chi connectivity index (χ2n) is 4.20. The Hall–Kier alpha value is -2.50. The second-order valence-corrected chi connectivity index (χ2v) is 4.20. The van der Waals surface area contributed by atoms with E-state index in [1.165, 1.54) is 18.2 Å². The minimum Gasteiger partial charge on any atom is -0.435 e. The zero-order valence-electron chi connectivity index (χ0n) is 11.4. The molecule has 1 aromatic carbocycles. The van der Waals surface area contributed by atoms with E-state index in [0.717, 1.165) is 0 Å². The Bertz CT molecular complexity index is 633. The third-order valence-electron chi connectivity index (χ3n) is 2.75. The fourth-order valence-corrected chi connectivity index (χ4v) is 1.69. The van der Waals surface area contributed by atoms with Crippen molar-refractivity contribution in [1.29, 1.82) is 0 Å². The molecule has 0 saturated carbocycles. The lowest BCUT2D eigenvalue weighted by Crippen LogP contribution is -2.01. The Morgan fingerprint density at radius 3 is 2.62 bits per heavy atom. The molecule has 0 bridgehead atoms. The normalized spacial score (nSPS) is 11.2. The molecule has 2 aromatic rings. The molecule has 0 spiro atoms. The average molecular weight is 292 g/mol. The van der Waals surface area contributed by atoms with Crippen molar-refractivity contribution in [3.8, 4) is 5.75 Å². The highest BCUT2D eigenvalue weighted by molar-refractivity contribution is 6.05. The summed E-state index contributed by atoms with van der Waals surface area (Å²) >= 11 is 0. The van der Waals surface area contributed by atoms with Gasteiger partial charge in [0, 0.05) is 12.7 Å². The number of allylic oxidation sites excluding steroid dienone is 1. The lowest BCUT2D eigenvalue weighted by Gasteiger charge is -2.03. The van der Waals surface area contributed by atoms with Gasteiger partial charge in [0.2, 0.25) is 5.78 Å². The molecule has 0 fully saturated rings. The number of carbonyl (C=O) groups excluding carboxylic acids is 1. The van der Waals surface area contributed by atoms with Crippen LogP contribution in [0.5, 0.6) is 5.75 Å². The highest BCUT2D eigenvalue weighted by Crippen LogP contribution is 2.15. The lowest BCUT2D eigenvalue weighted by atomic mass is 10.1. The summed E-state index contributed by atoms with van der Waals surface area (Å²) in [4.78, 5) is 11.9. The molecule has 0 atom stereocenters. The summed E-state index contributed by atoms with van der Waals surface area (Å²) in [5.74, 6) is -0.134. The first kappa shape index (κ1) is 14.9. The summed E-state index contributed by atoms with van der Waals surface area (Å²) in [6, 6.07) is 7.66. The van der Waals surface area contributed by atoms with Gasteiger partial charge in [-0.15, -0.1) is 0 Å². The number of benzene rings is 1. The third-order valence-corrected chi connectivity index (χ3v) is 2.75. The minimum absolute atomic E-state index is 0.0789. The quantitative estimate of drug-likeness (QED) is 0.605. The number of halogens is 2. The van der Waals surface area contributed by atoms with Gasteiger partial charge in [-0.1, -0.05) is 18.2 Å². The van der Waals surface area contributed by atoms with E-state index in [4.69, 9.17) is 0 Å². The first-order valence-corrected chi connectivity index (χ1v) is 6.39. The van der Waals surface area contributed by atoms with Crippen molar-refractivity contribution in [3.05, 3.63) is 53.9 Å². The van der Waals surface area contributed by atoms with Crippen molar-refractivity contribution in [2.24, 2.45) is 0 Å². The predicted octanol–water partition coefficient (Wildman–Crippen LogP) is 3.40. The number of alkyl halides is 2. The number of ketones is 1. The highest BCUT2D eigenvalue weighted by atomic mass is 19.3. The first-order chi connectivity index (χ1) is 10.1. The topological polar surface area (TPSA) is 44.1 Å². The summed E-state index contributed by atoms with van der Waals surface area (Å²) < 4.78 is 29.9. The molecule has 0 amide bonds. The van der Waals surface area contributed by atoms with Crippen molar-refractivity contribution in [2.45, 2.75) is 20.1 Å². The largest absolute Gasteiger partial charge is 0.435 e. The zero-order valence-corrected chi connectivity index (χ0v) is 11.4. The van der Waals surface area contributed by atoms with E-state index in [1.807, 2.05) is 6.92 Å². The average Bonchev–Trinajstić information content (AvgIpc) is 2.94. The van der Waals surface area contributed by atoms with Crippen LogP contribution in [-0.4, -0.2) is 22.2 Å². The van der Waals surface area contributed by atoms with Gasteiger partial charge in [0.25, 0.3) is 0 Å². The van der Waals surface area contributed by atoms with E-state index in [-0.39, 0.29) is 11.5 Å². The highest BCUT2D eigenvalue weighted by Gasteiger charge is 2.06. The number of hydrogen-bond acceptors (Lipinski definition) is 3. The number of aryl methyl sites for hydroxylation is 1. The van der Waals surface area contributed by atoms with Crippen LogP contribution in [0, 0.1) is 0 Å². The van der Waals surface area contributed by atoms with Gasteiger partial charge < -0.3 is 4.74 Å². The predicted molar refractivity (Wildman–Crippen MR) is 74.3 cm³/mol. The van der Waals surface area contributed by atoms with Crippen molar-refractivity contribution in [3.63, 3.8) is 0 Å². The monoisotopic (exact) mass is 292 g/mol. The second kappa shape index (κ2) is 6.78. The van der Waals surface area contributed by atoms with Gasteiger partial charge in [-0.25, -0.2) is 0 Å². The van der Waals surface area contributed by atoms with Gasteiger partial charge in [0.1, 0.15) is 11.4 Å². The van der Waals surface area contributed by atoms with Crippen molar-refractivity contribution in [1.82, 2.24) is 9.78 Å². The van der Waals surface area contributed by atoms with Gasteiger partial charge in [-0.05, 0) is 36.8 Å². The molecule has 21 heavy (non-hydrogen) atoms. The van der Waals surface area contributed by atoms with E-state index >= 15 is 0 Å². The molecule has 0 unspecified atom stereocenters. The summed E-state index contributed by atoms with van der Waals surface area (Å²) in [6.07, 6.45) is 4.72. The van der Waals surface area contributed by atoms with Crippen LogP contribution < -0.4 is 4.74 Å². The Balaban J connectivity index is 2.01. The number of ether oxygens (including phenoxy) is 1. The van der Waals surface area contributed by atoms with Crippen LogP contribution in [0.2, 0.25) is 0 Å².